The summed E-state index contributed by atoms with van der Waals surface area (Å²) in [6.45, 7) is 5.93. The number of nitrogens with zero attached hydrogens (tertiary/aromatic N) is 2. The molecule has 0 saturated heterocycles. The third-order valence-corrected chi connectivity index (χ3v) is 6.73. The van der Waals surface area contributed by atoms with Crippen LogP contribution in [-0.2, 0) is 14.9 Å². The molecule has 2 amide bonds. The molecule has 0 atom stereocenters. The predicted molar refractivity (Wildman–Crippen MR) is 137 cm³/mol. The zero-order valence-corrected chi connectivity index (χ0v) is 21.8. The van der Waals surface area contributed by atoms with Crippen LogP contribution in [0.2, 0.25) is 5.02 Å². The van der Waals surface area contributed by atoms with E-state index in [9.17, 15) is 19.5 Å². The van der Waals surface area contributed by atoms with Gasteiger partial charge in [-0.25, -0.2) is 4.79 Å². The SMILES string of the molecule is CC(C)(C)OC(=O)NCC1(c2cccc(Cl)c2)CCC(N(CCC(=O)O)C(=O)c2cccnc2)CC1. The number of aromatic nitrogens is 1. The lowest BCUT2D eigenvalue weighted by Crippen LogP contribution is -2.50. The van der Waals surface area contributed by atoms with Gasteiger partial charge >= 0.3 is 12.1 Å². The quantitative estimate of drug-likeness (QED) is 0.508. The maximum absolute atomic E-state index is 13.3. The Morgan fingerprint density at radius 1 is 1.19 bits per heavy atom. The summed E-state index contributed by atoms with van der Waals surface area (Å²) in [5, 5.41) is 12.8. The van der Waals surface area contributed by atoms with E-state index in [1.54, 1.807) is 23.2 Å². The van der Waals surface area contributed by atoms with E-state index in [-0.39, 0.29) is 24.9 Å². The van der Waals surface area contributed by atoms with E-state index in [0.29, 0.717) is 42.8 Å². The highest BCUT2D eigenvalue weighted by Crippen LogP contribution is 2.41. The lowest BCUT2D eigenvalue weighted by atomic mass is 9.67. The first kappa shape index (κ1) is 27.5. The first-order valence-corrected chi connectivity index (χ1v) is 12.5. The average Bonchev–Trinajstić information content (AvgIpc) is 2.83. The molecule has 1 heterocycles. The minimum absolute atomic E-state index is 0.119. The molecule has 1 fully saturated rings. The fourth-order valence-corrected chi connectivity index (χ4v) is 4.92. The van der Waals surface area contributed by atoms with E-state index in [1.807, 2.05) is 45.0 Å². The lowest BCUT2D eigenvalue weighted by molar-refractivity contribution is -0.137. The van der Waals surface area contributed by atoms with Crippen molar-refractivity contribution in [3.05, 3.63) is 64.9 Å². The van der Waals surface area contributed by atoms with Gasteiger partial charge in [-0.15, -0.1) is 0 Å². The van der Waals surface area contributed by atoms with Gasteiger partial charge in [-0.05, 0) is 76.3 Å². The molecule has 2 N–H and O–H groups in total. The molecule has 3 rings (SSSR count). The van der Waals surface area contributed by atoms with Crippen molar-refractivity contribution in [2.24, 2.45) is 0 Å². The van der Waals surface area contributed by atoms with Gasteiger partial charge < -0.3 is 20.1 Å². The molecule has 1 aliphatic carbocycles. The van der Waals surface area contributed by atoms with E-state index in [0.717, 1.165) is 5.56 Å². The fraction of sp³-hybridized carbons (Fsp3) is 0.481. The van der Waals surface area contributed by atoms with Crippen LogP contribution in [0.4, 0.5) is 4.79 Å². The van der Waals surface area contributed by atoms with Gasteiger partial charge in [0.1, 0.15) is 5.60 Å². The molecule has 36 heavy (non-hydrogen) atoms. The molecular weight excluding hydrogens is 482 g/mol. The molecule has 1 aromatic heterocycles. The number of benzene rings is 1. The van der Waals surface area contributed by atoms with Crippen molar-refractivity contribution in [2.75, 3.05) is 13.1 Å². The van der Waals surface area contributed by atoms with Crippen molar-refractivity contribution in [3.63, 3.8) is 0 Å². The molecule has 1 aromatic carbocycles. The Labute approximate surface area is 217 Å². The van der Waals surface area contributed by atoms with Crippen molar-refractivity contribution >= 4 is 29.6 Å². The second kappa shape index (κ2) is 11.7. The van der Waals surface area contributed by atoms with E-state index >= 15 is 0 Å². The van der Waals surface area contributed by atoms with Crippen molar-refractivity contribution < 1.29 is 24.2 Å². The lowest BCUT2D eigenvalue weighted by Gasteiger charge is -2.44. The monoisotopic (exact) mass is 515 g/mol. The van der Waals surface area contributed by atoms with E-state index < -0.39 is 23.1 Å². The molecule has 1 aliphatic rings. The van der Waals surface area contributed by atoms with E-state index in [1.165, 1.54) is 6.20 Å². The van der Waals surface area contributed by atoms with Crippen LogP contribution in [0.5, 0.6) is 0 Å². The number of carbonyl (C=O) groups is 3. The topological polar surface area (TPSA) is 109 Å². The van der Waals surface area contributed by atoms with Crippen LogP contribution in [0.15, 0.2) is 48.8 Å². The van der Waals surface area contributed by atoms with Crippen LogP contribution < -0.4 is 5.32 Å². The molecule has 0 radical (unpaired) electrons. The summed E-state index contributed by atoms with van der Waals surface area (Å²) in [4.78, 5) is 42.7. The number of pyridine rings is 1. The second-order valence-electron chi connectivity index (χ2n) is 10.3. The Hall–Kier alpha value is -3.13. The molecule has 8 nitrogen and oxygen atoms in total. The number of hydrogen-bond acceptors (Lipinski definition) is 5. The number of alkyl carbamates (subject to hydrolysis) is 1. The van der Waals surface area contributed by atoms with Gasteiger partial charge in [-0.3, -0.25) is 14.6 Å². The Bertz CT molecular complexity index is 1060. The van der Waals surface area contributed by atoms with Crippen LogP contribution in [0, 0.1) is 0 Å². The molecule has 0 spiro atoms. The van der Waals surface area contributed by atoms with Crippen molar-refractivity contribution in [1.29, 1.82) is 0 Å². The Kier molecular flexibility index (Phi) is 8.95. The molecule has 0 aliphatic heterocycles. The summed E-state index contributed by atoms with van der Waals surface area (Å²) in [5.74, 6) is -1.18. The standard InChI is InChI=1S/C27H34ClN3O5/c1-26(2,3)36-25(35)30-18-27(20-7-4-8-21(28)16-20)12-9-22(10-13-27)31(15-11-23(32)33)24(34)19-6-5-14-29-17-19/h4-8,14,16-17,22H,9-13,15,18H2,1-3H3,(H,30,35)(H,32,33). The number of rotatable bonds is 8. The normalized spacial score (nSPS) is 19.8. The molecule has 2 aromatic rings. The maximum Gasteiger partial charge on any atom is 0.407 e. The largest absolute Gasteiger partial charge is 0.481 e. The highest BCUT2D eigenvalue weighted by Gasteiger charge is 2.40. The average molecular weight is 516 g/mol. The first-order valence-electron chi connectivity index (χ1n) is 12.1. The van der Waals surface area contributed by atoms with Gasteiger partial charge in [0.25, 0.3) is 5.91 Å². The van der Waals surface area contributed by atoms with Crippen molar-refractivity contribution in [3.8, 4) is 0 Å². The van der Waals surface area contributed by atoms with Crippen LogP contribution in [0.25, 0.3) is 0 Å². The molecule has 9 heteroatoms. The third kappa shape index (κ3) is 7.43. The first-order chi connectivity index (χ1) is 17.0. The number of amides is 2. The maximum atomic E-state index is 13.3. The van der Waals surface area contributed by atoms with Crippen LogP contribution >= 0.6 is 11.6 Å². The van der Waals surface area contributed by atoms with Crippen LogP contribution in [0.1, 0.15) is 68.8 Å². The summed E-state index contributed by atoms with van der Waals surface area (Å²) in [6, 6.07) is 10.9. The van der Waals surface area contributed by atoms with Crippen molar-refractivity contribution in [2.45, 2.75) is 69.9 Å². The Balaban J connectivity index is 1.81. The van der Waals surface area contributed by atoms with Gasteiger partial charge in [0, 0.05) is 42.0 Å². The summed E-state index contributed by atoms with van der Waals surface area (Å²) in [7, 11) is 0. The number of carboxylic acid groups (broad SMARTS) is 1. The Morgan fingerprint density at radius 3 is 2.50 bits per heavy atom. The number of ether oxygens (including phenoxy) is 1. The number of nitrogens with one attached hydrogen (secondary N) is 1. The predicted octanol–water partition coefficient (Wildman–Crippen LogP) is 5.06. The summed E-state index contributed by atoms with van der Waals surface area (Å²) >= 11 is 6.31. The van der Waals surface area contributed by atoms with Crippen molar-refractivity contribution in [1.82, 2.24) is 15.2 Å². The Morgan fingerprint density at radius 2 is 1.92 bits per heavy atom. The number of hydrogen-bond donors (Lipinski definition) is 2. The zero-order valence-electron chi connectivity index (χ0n) is 21.0. The molecule has 0 unspecified atom stereocenters. The van der Waals surface area contributed by atoms with Crippen LogP contribution in [0.3, 0.4) is 0 Å². The van der Waals surface area contributed by atoms with Crippen LogP contribution in [-0.4, -0.2) is 57.7 Å². The summed E-state index contributed by atoms with van der Waals surface area (Å²) < 4.78 is 5.44. The number of halogens is 1. The second-order valence-corrected chi connectivity index (χ2v) is 10.7. The van der Waals surface area contributed by atoms with Gasteiger partial charge in [0.2, 0.25) is 0 Å². The number of carboxylic acids is 1. The summed E-state index contributed by atoms with van der Waals surface area (Å²) in [5.41, 5.74) is 0.442. The minimum atomic E-state index is -0.954. The molecule has 1 saturated carbocycles. The number of aliphatic carboxylic acids is 1. The minimum Gasteiger partial charge on any atom is -0.481 e. The summed E-state index contributed by atoms with van der Waals surface area (Å²) in [6.07, 6.45) is 5.12. The highest BCUT2D eigenvalue weighted by atomic mass is 35.5. The molecule has 0 bridgehead atoms. The van der Waals surface area contributed by atoms with Gasteiger partial charge in [-0.2, -0.15) is 0 Å². The zero-order chi connectivity index (χ0) is 26.3. The van der Waals surface area contributed by atoms with E-state index in [2.05, 4.69) is 10.3 Å². The fourth-order valence-electron chi connectivity index (χ4n) is 4.73. The molecular formula is C27H34ClN3O5. The van der Waals surface area contributed by atoms with Gasteiger partial charge in [0.05, 0.1) is 12.0 Å². The number of carbonyl (C=O) groups excluding carboxylic acids is 2. The van der Waals surface area contributed by atoms with E-state index in [4.69, 9.17) is 16.3 Å². The van der Waals surface area contributed by atoms with Gasteiger partial charge in [-0.1, -0.05) is 23.7 Å². The molecule has 194 valence electrons. The third-order valence-electron chi connectivity index (χ3n) is 6.50. The highest BCUT2D eigenvalue weighted by molar-refractivity contribution is 6.30. The smallest absolute Gasteiger partial charge is 0.407 e. The van der Waals surface area contributed by atoms with Gasteiger partial charge in [0.15, 0.2) is 0 Å².